The van der Waals surface area contributed by atoms with Gasteiger partial charge in [0.25, 0.3) is 0 Å². The second-order valence-corrected chi connectivity index (χ2v) is 5.30. The molecule has 0 aliphatic carbocycles. The van der Waals surface area contributed by atoms with Gasteiger partial charge in [-0.25, -0.2) is 4.39 Å². The molecule has 2 rings (SSSR count). The molecule has 1 nitrogen and oxygen atoms in total. The highest BCUT2D eigenvalue weighted by molar-refractivity contribution is 9.10. The predicted octanol–water partition coefficient (Wildman–Crippen LogP) is 5.58. The van der Waals surface area contributed by atoms with Gasteiger partial charge in [0.2, 0.25) is 0 Å². The van der Waals surface area contributed by atoms with Crippen LogP contribution in [0.5, 0.6) is 11.5 Å². The molecule has 0 unspecified atom stereocenters. The topological polar surface area (TPSA) is 9.23 Å². The molecule has 0 aliphatic heterocycles. The summed E-state index contributed by atoms with van der Waals surface area (Å²) in [6, 6.07) is 10.6. The SMILES string of the molecule is Cc1ccc(Oc2cccc(F)c2CBr)c(Br)c1. The molecular formula is C14H11Br2FO. The minimum absolute atomic E-state index is 0.271. The van der Waals surface area contributed by atoms with Crippen LogP contribution in [0.1, 0.15) is 11.1 Å². The Morgan fingerprint density at radius 2 is 1.94 bits per heavy atom. The van der Waals surface area contributed by atoms with Gasteiger partial charge in [0, 0.05) is 10.9 Å². The predicted molar refractivity (Wildman–Crippen MR) is 78.0 cm³/mol. The maximum absolute atomic E-state index is 13.6. The highest BCUT2D eigenvalue weighted by Crippen LogP contribution is 2.33. The van der Waals surface area contributed by atoms with Gasteiger partial charge in [-0.05, 0) is 52.7 Å². The van der Waals surface area contributed by atoms with Crippen molar-refractivity contribution < 1.29 is 9.13 Å². The van der Waals surface area contributed by atoms with Crippen molar-refractivity contribution in [3.8, 4) is 11.5 Å². The van der Waals surface area contributed by atoms with E-state index in [1.165, 1.54) is 6.07 Å². The summed E-state index contributed by atoms with van der Waals surface area (Å²) >= 11 is 6.71. The van der Waals surface area contributed by atoms with Crippen molar-refractivity contribution in [3.05, 3.63) is 57.8 Å². The number of ether oxygens (including phenoxy) is 1. The first kappa shape index (κ1) is 13.6. The van der Waals surface area contributed by atoms with Crippen molar-refractivity contribution >= 4 is 31.9 Å². The summed E-state index contributed by atoms with van der Waals surface area (Å²) < 4.78 is 20.2. The van der Waals surface area contributed by atoms with Crippen LogP contribution >= 0.6 is 31.9 Å². The molecule has 4 heteroatoms. The lowest BCUT2D eigenvalue weighted by molar-refractivity contribution is 0.468. The average molecular weight is 374 g/mol. The van der Waals surface area contributed by atoms with E-state index in [4.69, 9.17) is 4.74 Å². The quantitative estimate of drug-likeness (QED) is 0.637. The molecule has 0 spiro atoms. The number of alkyl halides is 1. The Morgan fingerprint density at radius 1 is 1.17 bits per heavy atom. The van der Waals surface area contributed by atoms with Crippen molar-refractivity contribution in [1.82, 2.24) is 0 Å². The van der Waals surface area contributed by atoms with Gasteiger partial charge in [-0.15, -0.1) is 0 Å². The van der Waals surface area contributed by atoms with Gasteiger partial charge in [0.1, 0.15) is 17.3 Å². The molecule has 0 amide bonds. The molecule has 0 N–H and O–H groups in total. The fraction of sp³-hybridized carbons (Fsp3) is 0.143. The van der Waals surface area contributed by atoms with Crippen molar-refractivity contribution in [3.63, 3.8) is 0 Å². The molecule has 0 aromatic heterocycles. The van der Waals surface area contributed by atoms with Crippen LogP contribution in [-0.4, -0.2) is 0 Å². The minimum atomic E-state index is -0.271. The highest BCUT2D eigenvalue weighted by Gasteiger charge is 2.10. The van der Waals surface area contributed by atoms with Gasteiger partial charge < -0.3 is 4.74 Å². The number of hydrogen-bond acceptors (Lipinski definition) is 1. The van der Waals surface area contributed by atoms with E-state index in [2.05, 4.69) is 31.9 Å². The normalized spacial score (nSPS) is 10.4. The lowest BCUT2D eigenvalue weighted by Gasteiger charge is -2.12. The zero-order valence-corrected chi connectivity index (χ0v) is 12.9. The second-order valence-electron chi connectivity index (χ2n) is 3.89. The summed E-state index contributed by atoms with van der Waals surface area (Å²) in [6.07, 6.45) is 0. The van der Waals surface area contributed by atoms with Crippen LogP contribution in [0.4, 0.5) is 4.39 Å². The van der Waals surface area contributed by atoms with Gasteiger partial charge in [0.05, 0.1) is 4.47 Å². The largest absolute Gasteiger partial charge is 0.456 e. The third-order valence-electron chi connectivity index (χ3n) is 2.52. The molecule has 18 heavy (non-hydrogen) atoms. The molecule has 0 atom stereocenters. The van der Waals surface area contributed by atoms with E-state index in [0.29, 0.717) is 22.4 Å². The lowest BCUT2D eigenvalue weighted by atomic mass is 10.2. The molecule has 0 radical (unpaired) electrons. The molecule has 0 heterocycles. The van der Waals surface area contributed by atoms with Crippen LogP contribution in [0.3, 0.4) is 0 Å². The molecule has 0 saturated carbocycles. The minimum Gasteiger partial charge on any atom is -0.456 e. The highest BCUT2D eigenvalue weighted by atomic mass is 79.9. The maximum atomic E-state index is 13.6. The van der Waals surface area contributed by atoms with E-state index in [-0.39, 0.29) is 5.82 Å². The summed E-state index contributed by atoms with van der Waals surface area (Å²) in [5, 5.41) is 0.415. The first-order valence-electron chi connectivity index (χ1n) is 5.39. The third kappa shape index (κ3) is 2.93. The zero-order chi connectivity index (χ0) is 13.1. The number of rotatable bonds is 3. The van der Waals surface area contributed by atoms with Crippen LogP contribution in [0, 0.1) is 12.7 Å². The van der Waals surface area contributed by atoms with Gasteiger partial charge in [-0.1, -0.05) is 28.1 Å². The number of hydrogen-bond donors (Lipinski definition) is 0. The van der Waals surface area contributed by atoms with Gasteiger partial charge >= 0.3 is 0 Å². The van der Waals surface area contributed by atoms with Crippen LogP contribution in [0.2, 0.25) is 0 Å². The fourth-order valence-corrected chi connectivity index (χ4v) is 2.69. The lowest BCUT2D eigenvalue weighted by Crippen LogP contribution is -1.93. The van der Waals surface area contributed by atoms with Crippen LogP contribution in [0.15, 0.2) is 40.9 Å². The number of halogens is 3. The zero-order valence-electron chi connectivity index (χ0n) is 9.71. The average Bonchev–Trinajstić information content (AvgIpc) is 2.33. The van der Waals surface area contributed by atoms with Crippen molar-refractivity contribution in [2.45, 2.75) is 12.3 Å². The van der Waals surface area contributed by atoms with Crippen LogP contribution < -0.4 is 4.74 Å². The number of aryl methyl sites for hydroxylation is 1. The van der Waals surface area contributed by atoms with E-state index < -0.39 is 0 Å². The Kier molecular flexibility index (Phi) is 4.40. The summed E-state index contributed by atoms with van der Waals surface area (Å²) in [6.45, 7) is 2.00. The van der Waals surface area contributed by atoms with Crippen molar-refractivity contribution in [1.29, 1.82) is 0 Å². The fourth-order valence-electron chi connectivity index (χ4n) is 1.57. The molecule has 94 valence electrons. The summed E-state index contributed by atoms with van der Waals surface area (Å²) in [5.74, 6) is 0.928. The van der Waals surface area contributed by atoms with E-state index >= 15 is 0 Å². The van der Waals surface area contributed by atoms with E-state index in [9.17, 15) is 4.39 Å². The Balaban J connectivity index is 2.37. The maximum Gasteiger partial charge on any atom is 0.141 e. The van der Waals surface area contributed by atoms with E-state index in [0.717, 1.165) is 10.0 Å². The first-order chi connectivity index (χ1) is 8.61. The second kappa shape index (κ2) is 5.85. The van der Waals surface area contributed by atoms with Gasteiger partial charge in [-0.3, -0.25) is 0 Å². The summed E-state index contributed by atoms with van der Waals surface area (Å²) in [5.41, 5.74) is 1.65. The van der Waals surface area contributed by atoms with Crippen molar-refractivity contribution in [2.75, 3.05) is 0 Å². The molecule has 0 fully saturated rings. The van der Waals surface area contributed by atoms with Crippen molar-refractivity contribution in [2.24, 2.45) is 0 Å². The molecular weight excluding hydrogens is 363 g/mol. The standard InChI is InChI=1S/C14H11Br2FO/c1-9-5-6-14(11(16)7-9)18-13-4-2-3-12(17)10(13)8-15/h2-7H,8H2,1H3. The van der Waals surface area contributed by atoms with Crippen LogP contribution in [-0.2, 0) is 5.33 Å². The van der Waals surface area contributed by atoms with E-state index in [1.807, 2.05) is 25.1 Å². The molecule has 2 aromatic rings. The summed E-state index contributed by atoms with van der Waals surface area (Å²) in [4.78, 5) is 0. The smallest absolute Gasteiger partial charge is 0.141 e. The Morgan fingerprint density at radius 3 is 2.61 bits per heavy atom. The molecule has 0 aliphatic rings. The molecule has 2 aromatic carbocycles. The van der Waals surface area contributed by atoms with Gasteiger partial charge in [0.15, 0.2) is 0 Å². The van der Waals surface area contributed by atoms with E-state index in [1.54, 1.807) is 12.1 Å². The molecule has 0 bridgehead atoms. The third-order valence-corrected chi connectivity index (χ3v) is 3.70. The van der Waals surface area contributed by atoms with Crippen LogP contribution in [0.25, 0.3) is 0 Å². The van der Waals surface area contributed by atoms with Gasteiger partial charge in [-0.2, -0.15) is 0 Å². The Labute approximate surface area is 122 Å². The summed E-state index contributed by atoms with van der Waals surface area (Å²) in [7, 11) is 0. The Bertz CT molecular complexity index is 570. The first-order valence-corrected chi connectivity index (χ1v) is 7.30. The number of benzene rings is 2. The Hall–Kier alpha value is -0.870. The monoisotopic (exact) mass is 372 g/mol. The molecule has 0 saturated heterocycles.